The van der Waals surface area contributed by atoms with E-state index in [2.05, 4.69) is 5.32 Å². The lowest BCUT2D eigenvalue weighted by atomic mass is 9.84. The number of rotatable bonds is 2. The van der Waals surface area contributed by atoms with Crippen molar-refractivity contribution < 1.29 is 40.6 Å². The van der Waals surface area contributed by atoms with Crippen LogP contribution in [0.4, 0.5) is 41.2 Å². The number of piperidine rings is 1. The molecule has 0 radical (unpaired) electrons. The van der Waals surface area contributed by atoms with Gasteiger partial charge in [0.2, 0.25) is 0 Å². The van der Waals surface area contributed by atoms with Crippen LogP contribution in [-0.4, -0.2) is 29.1 Å². The molecule has 1 fully saturated rings. The van der Waals surface area contributed by atoms with Crippen molar-refractivity contribution in [2.75, 3.05) is 18.4 Å². The first kappa shape index (κ1) is 22.9. The summed E-state index contributed by atoms with van der Waals surface area (Å²) in [5.41, 5.74) is -4.61. The smallest absolute Gasteiger partial charge is 0.385 e. The Kier molecular flexibility index (Phi) is 5.92. The van der Waals surface area contributed by atoms with Crippen molar-refractivity contribution in [2.45, 2.75) is 30.8 Å². The summed E-state index contributed by atoms with van der Waals surface area (Å²) in [4.78, 5) is 13.6. The predicted molar refractivity (Wildman–Crippen MR) is 96.6 cm³/mol. The van der Waals surface area contributed by atoms with Crippen LogP contribution in [0.2, 0.25) is 0 Å². The van der Waals surface area contributed by atoms with Crippen LogP contribution in [-0.2, 0) is 18.0 Å². The number of halogens is 7. The van der Waals surface area contributed by atoms with Gasteiger partial charge in [0.25, 0.3) is 0 Å². The van der Waals surface area contributed by atoms with Crippen molar-refractivity contribution >= 4 is 11.7 Å². The first-order valence-electron chi connectivity index (χ1n) is 9.12. The number of likely N-dealkylation sites (tertiary alicyclic amines) is 1. The molecule has 0 saturated carbocycles. The molecule has 168 valence electrons. The molecule has 1 aliphatic heterocycles. The molecule has 3 rings (SSSR count). The van der Waals surface area contributed by atoms with E-state index in [4.69, 9.17) is 0 Å². The Labute approximate surface area is 172 Å². The van der Waals surface area contributed by atoms with E-state index >= 15 is 0 Å². The van der Waals surface area contributed by atoms with Gasteiger partial charge in [-0.25, -0.2) is 9.18 Å². The van der Waals surface area contributed by atoms with E-state index in [1.807, 2.05) is 0 Å². The molecule has 11 heteroatoms. The zero-order valence-electron chi connectivity index (χ0n) is 15.8. The zero-order chi connectivity index (χ0) is 23.0. The second-order valence-corrected chi connectivity index (χ2v) is 7.25. The van der Waals surface area contributed by atoms with Crippen LogP contribution in [0.15, 0.2) is 42.5 Å². The van der Waals surface area contributed by atoms with Crippen molar-refractivity contribution in [3.05, 3.63) is 65.0 Å². The monoisotopic (exact) mass is 450 g/mol. The van der Waals surface area contributed by atoms with Gasteiger partial charge in [0, 0.05) is 18.8 Å². The summed E-state index contributed by atoms with van der Waals surface area (Å²) < 4.78 is 90.8. The quantitative estimate of drug-likeness (QED) is 0.604. The van der Waals surface area contributed by atoms with Gasteiger partial charge in [-0.1, -0.05) is 12.1 Å². The third kappa shape index (κ3) is 5.27. The number of aliphatic hydroxyl groups is 1. The number of carbonyl (C=O) groups is 1. The average molecular weight is 450 g/mol. The predicted octanol–water partition coefficient (Wildman–Crippen LogP) is 5.38. The minimum Gasteiger partial charge on any atom is -0.385 e. The first-order valence-corrected chi connectivity index (χ1v) is 9.12. The summed E-state index contributed by atoms with van der Waals surface area (Å²) in [6.07, 6.45) is -9.94. The fraction of sp³-hybridized carbons (Fsp3) is 0.350. The fourth-order valence-electron chi connectivity index (χ4n) is 3.36. The Morgan fingerprint density at radius 1 is 0.903 bits per heavy atom. The van der Waals surface area contributed by atoms with Crippen LogP contribution < -0.4 is 5.32 Å². The number of anilines is 1. The molecule has 0 aromatic heterocycles. The molecule has 0 bridgehead atoms. The molecule has 0 atom stereocenters. The number of amides is 2. The Morgan fingerprint density at radius 2 is 1.39 bits per heavy atom. The van der Waals surface area contributed by atoms with E-state index in [1.54, 1.807) is 0 Å². The van der Waals surface area contributed by atoms with Gasteiger partial charge in [0.05, 0.1) is 16.7 Å². The number of urea groups is 1. The third-order valence-electron chi connectivity index (χ3n) is 5.10. The van der Waals surface area contributed by atoms with E-state index < -0.39 is 46.6 Å². The maximum Gasteiger partial charge on any atom is 0.416 e. The van der Waals surface area contributed by atoms with Crippen molar-refractivity contribution in [3.63, 3.8) is 0 Å². The fourth-order valence-corrected chi connectivity index (χ4v) is 3.36. The summed E-state index contributed by atoms with van der Waals surface area (Å²) in [5, 5.41) is 12.8. The standard InChI is InChI=1S/C20H17F7N2O2/c21-15-3-1-12(2-4-15)18(31)5-7-29(8-6-18)17(30)28-16-10-13(19(22,23)24)9-14(11-16)20(25,26)27/h1-4,9-11,31H,5-8H2,(H,28,30). The highest BCUT2D eigenvalue weighted by atomic mass is 19.4. The van der Waals surface area contributed by atoms with Gasteiger partial charge in [0.1, 0.15) is 5.82 Å². The molecule has 1 heterocycles. The second-order valence-electron chi connectivity index (χ2n) is 7.25. The highest BCUT2D eigenvalue weighted by molar-refractivity contribution is 5.89. The molecule has 4 nitrogen and oxygen atoms in total. The number of benzene rings is 2. The number of hydrogen-bond acceptors (Lipinski definition) is 2. The molecule has 0 spiro atoms. The zero-order valence-corrected chi connectivity index (χ0v) is 15.8. The van der Waals surface area contributed by atoms with Crippen LogP contribution in [0.1, 0.15) is 29.5 Å². The van der Waals surface area contributed by atoms with Gasteiger partial charge in [-0.3, -0.25) is 0 Å². The highest BCUT2D eigenvalue weighted by Gasteiger charge is 2.38. The highest BCUT2D eigenvalue weighted by Crippen LogP contribution is 2.38. The number of alkyl halides is 6. The topological polar surface area (TPSA) is 52.6 Å². The van der Waals surface area contributed by atoms with Crippen LogP contribution >= 0.6 is 0 Å². The molecular formula is C20H17F7N2O2. The lowest BCUT2D eigenvalue weighted by Gasteiger charge is -2.38. The first-order chi connectivity index (χ1) is 14.3. The van der Waals surface area contributed by atoms with Crippen LogP contribution in [0.25, 0.3) is 0 Å². The van der Waals surface area contributed by atoms with E-state index in [0.717, 1.165) is 0 Å². The van der Waals surface area contributed by atoms with E-state index in [0.29, 0.717) is 17.7 Å². The number of nitrogens with one attached hydrogen (secondary N) is 1. The average Bonchev–Trinajstić information content (AvgIpc) is 2.67. The Hall–Kier alpha value is -2.82. The van der Waals surface area contributed by atoms with Crippen molar-refractivity contribution in [2.24, 2.45) is 0 Å². The molecule has 31 heavy (non-hydrogen) atoms. The van der Waals surface area contributed by atoms with Crippen molar-refractivity contribution in [1.82, 2.24) is 4.90 Å². The molecule has 2 amide bonds. The summed E-state index contributed by atoms with van der Waals surface area (Å²) in [6, 6.07) is 5.10. The second kappa shape index (κ2) is 8.03. The summed E-state index contributed by atoms with van der Waals surface area (Å²) in [5.74, 6) is -0.483. The van der Waals surface area contributed by atoms with Gasteiger partial charge < -0.3 is 15.3 Å². The minimum atomic E-state index is -5.03. The lowest BCUT2D eigenvalue weighted by molar-refractivity contribution is -0.143. The molecule has 2 aromatic rings. The van der Waals surface area contributed by atoms with Crippen molar-refractivity contribution in [3.8, 4) is 0 Å². The largest absolute Gasteiger partial charge is 0.416 e. The SMILES string of the molecule is O=C(Nc1cc(C(F)(F)F)cc(C(F)(F)F)c1)N1CCC(O)(c2ccc(F)cc2)CC1. The van der Waals surface area contributed by atoms with Crippen LogP contribution in [0, 0.1) is 5.82 Å². The number of nitrogens with zero attached hydrogens (tertiary/aromatic N) is 1. The summed E-state index contributed by atoms with van der Waals surface area (Å²) in [6.45, 7) is -0.0183. The van der Waals surface area contributed by atoms with E-state index in [-0.39, 0.29) is 32.0 Å². The van der Waals surface area contributed by atoms with Gasteiger partial charge >= 0.3 is 18.4 Å². The van der Waals surface area contributed by atoms with Crippen LogP contribution in [0.5, 0.6) is 0 Å². The third-order valence-corrected chi connectivity index (χ3v) is 5.10. The molecule has 1 aliphatic rings. The Balaban J connectivity index is 1.73. The molecule has 0 unspecified atom stereocenters. The van der Waals surface area contributed by atoms with Gasteiger partial charge in [-0.15, -0.1) is 0 Å². The minimum absolute atomic E-state index is 0.00913. The van der Waals surface area contributed by atoms with Crippen LogP contribution in [0.3, 0.4) is 0 Å². The Morgan fingerprint density at radius 3 is 1.84 bits per heavy atom. The summed E-state index contributed by atoms with van der Waals surface area (Å²) >= 11 is 0. The maximum atomic E-state index is 13.1. The van der Waals surface area contributed by atoms with Gasteiger partial charge in [-0.2, -0.15) is 26.3 Å². The number of carbonyl (C=O) groups excluding carboxylic acids is 1. The number of hydrogen-bond donors (Lipinski definition) is 2. The van der Waals surface area contributed by atoms with E-state index in [9.17, 15) is 40.6 Å². The lowest BCUT2D eigenvalue weighted by Crippen LogP contribution is -2.46. The van der Waals surface area contributed by atoms with Gasteiger partial charge in [0.15, 0.2) is 0 Å². The maximum absolute atomic E-state index is 13.1. The molecule has 2 aromatic carbocycles. The molecular weight excluding hydrogens is 433 g/mol. The Bertz CT molecular complexity index is 915. The normalized spacial score (nSPS) is 16.8. The molecule has 2 N–H and O–H groups in total. The van der Waals surface area contributed by atoms with Gasteiger partial charge in [-0.05, 0) is 48.7 Å². The summed E-state index contributed by atoms with van der Waals surface area (Å²) in [7, 11) is 0. The van der Waals surface area contributed by atoms with Crippen molar-refractivity contribution in [1.29, 1.82) is 0 Å². The molecule has 0 aliphatic carbocycles. The molecule has 1 saturated heterocycles. The van der Waals surface area contributed by atoms with E-state index in [1.165, 1.54) is 29.2 Å².